The van der Waals surface area contributed by atoms with Crippen molar-refractivity contribution >= 4 is 26.8 Å². The Morgan fingerprint density at radius 2 is 2.07 bits per heavy atom. The molecule has 80 valence electrons. The molecule has 0 saturated carbocycles. The summed E-state index contributed by atoms with van der Waals surface area (Å²) in [5.41, 5.74) is 0.827. The molecular formula is C11H13BrN2O. The predicted octanol–water partition coefficient (Wildman–Crippen LogP) is 2.56. The maximum atomic E-state index is 10.0. The Balaban J connectivity index is 2.83. The average Bonchev–Trinajstić information content (AvgIpc) is 2.45. The summed E-state index contributed by atoms with van der Waals surface area (Å²) < 4.78 is 2.75. The van der Waals surface area contributed by atoms with Crippen molar-refractivity contribution in [1.29, 1.82) is 0 Å². The van der Waals surface area contributed by atoms with Gasteiger partial charge in [0.05, 0.1) is 11.1 Å². The Kier molecular flexibility index (Phi) is 2.35. The summed E-state index contributed by atoms with van der Waals surface area (Å²) in [6.07, 6.45) is 1.94. The number of hydrogen-bond donors (Lipinski definition) is 1. The largest absolute Gasteiger partial charge is 0.386 e. The summed E-state index contributed by atoms with van der Waals surface area (Å²) in [7, 11) is 1.88. The third-order valence-corrected chi connectivity index (χ3v) is 3.09. The molecule has 3 nitrogen and oxygen atoms in total. The van der Waals surface area contributed by atoms with Crippen LogP contribution in [0, 0.1) is 0 Å². The van der Waals surface area contributed by atoms with Crippen LogP contribution in [0.15, 0.2) is 22.8 Å². The first-order chi connectivity index (χ1) is 6.89. The van der Waals surface area contributed by atoms with E-state index in [0.29, 0.717) is 0 Å². The summed E-state index contributed by atoms with van der Waals surface area (Å²) in [5.74, 6) is 0. The van der Waals surface area contributed by atoms with Crippen molar-refractivity contribution in [1.82, 2.24) is 9.78 Å². The van der Waals surface area contributed by atoms with Crippen molar-refractivity contribution in [3.05, 3.63) is 28.4 Å². The Bertz CT molecular complexity index is 511. The second-order valence-corrected chi connectivity index (χ2v) is 5.07. The van der Waals surface area contributed by atoms with Gasteiger partial charge in [0.15, 0.2) is 0 Å². The second-order valence-electron chi connectivity index (χ2n) is 4.22. The van der Waals surface area contributed by atoms with Gasteiger partial charge in [-0.2, -0.15) is 5.10 Å². The molecule has 0 aliphatic heterocycles. The topological polar surface area (TPSA) is 38.0 Å². The maximum absolute atomic E-state index is 10.0. The number of aliphatic hydroxyl groups is 1. The fourth-order valence-electron chi connectivity index (χ4n) is 1.68. The molecular weight excluding hydrogens is 256 g/mol. The van der Waals surface area contributed by atoms with E-state index in [1.165, 1.54) is 0 Å². The number of fused-ring (bicyclic) bond motifs is 1. The maximum Gasteiger partial charge on any atom is 0.0995 e. The van der Waals surface area contributed by atoms with Crippen LogP contribution in [0.2, 0.25) is 0 Å². The highest BCUT2D eigenvalue weighted by molar-refractivity contribution is 9.10. The van der Waals surface area contributed by atoms with Gasteiger partial charge in [-0.3, -0.25) is 4.68 Å². The Hall–Kier alpha value is -0.870. The Labute approximate surface area is 96.8 Å². The first-order valence-electron chi connectivity index (χ1n) is 4.74. The molecule has 0 aliphatic rings. The number of rotatable bonds is 1. The van der Waals surface area contributed by atoms with Crippen LogP contribution < -0.4 is 0 Å². The molecule has 0 aliphatic carbocycles. The SMILES string of the molecule is Cn1cc2c(Br)ccc(C(C)(C)O)c2n1. The molecule has 2 rings (SSSR count). The minimum Gasteiger partial charge on any atom is -0.386 e. The zero-order valence-electron chi connectivity index (χ0n) is 8.95. The average molecular weight is 269 g/mol. The van der Waals surface area contributed by atoms with Crippen molar-refractivity contribution in [2.75, 3.05) is 0 Å². The molecule has 0 atom stereocenters. The van der Waals surface area contributed by atoms with Gasteiger partial charge >= 0.3 is 0 Å². The Morgan fingerprint density at radius 1 is 1.40 bits per heavy atom. The van der Waals surface area contributed by atoms with Crippen molar-refractivity contribution in [3.63, 3.8) is 0 Å². The fourth-order valence-corrected chi connectivity index (χ4v) is 2.10. The van der Waals surface area contributed by atoms with E-state index in [4.69, 9.17) is 0 Å². The quantitative estimate of drug-likeness (QED) is 0.864. The number of benzene rings is 1. The molecule has 1 heterocycles. The molecule has 0 bridgehead atoms. The highest BCUT2D eigenvalue weighted by atomic mass is 79.9. The van der Waals surface area contributed by atoms with E-state index in [1.54, 1.807) is 18.5 Å². The van der Waals surface area contributed by atoms with E-state index in [-0.39, 0.29) is 0 Å². The lowest BCUT2D eigenvalue weighted by molar-refractivity contribution is 0.0799. The van der Waals surface area contributed by atoms with E-state index in [2.05, 4.69) is 21.0 Å². The lowest BCUT2D eigenvalue weighted by Crippen LogP contribution is -2.16. The summed E-state index contributed by atoms with van der Waals surface area (Å²) in [6.45, 7) is 3.54. The second kappa shape index (κ2) is 3.32. The van der Waals surface area contributed by atoms with E-state index in [1.807, 2.05) is 25.4 Å². The fraction of sp³-hybridized carbons (Fsp3) is 0.364. The summed E-state index contributed by atoms with van der Waals surface area (Å²) in [4.78, 5) is 0. The first kappa shape index (κ1) is 10.6. The predicted molar refractivity (Wildman–Crippen MR) is 63.7 cm³/mol. The smallest absolute Gasteiger partial charge is 0.0995 e. The van der Waals surface area contributed by atoms with Crippen LogP contribution >= 0.6 is 15.9 Å². The van der Waals surface area contributed by atoms with Crippen molar-refractivity contribution in [2.45, 2.75) is 19.4 Å². The standard InChI is InChI=1S/C11H13BrN2O/c1-11(2,15)8-4-5-9(12)7-6-14(3)13-10(7)8/h4-6,15H,1-3H3. The first-order valence-corrected chi connectivity index (χ1v) is 5.53. The van der Waals surface area contributed by atoms with Crippen molar-refractivity contribution in [2.24, 2.45) is 7.05 Å². The minimum atomic E-state index is -0.868. The molecule has 0 radical (unpaired) electrons. The number of aryl methyl sites for hydroxylation is 1. The number of aromatic nitrogens is 2. The van der Waals surface area contributed by atoms with E-state index in [9.17, 15) is 5.11 Å². The molecule has 0 amide bonds. The normalized spacial score (nSPS) is 12.3. The lowest BCUT2D eigenvalue weighted by atomic mass is 9.96. The van der Waals surface area contributed by atoms with Crippen LogP contribution in [0.1, 0.15) is 19.4 Å². The van der Waals surface area contributed by atoms with Gasteiger partial charge < -0.3 is 5.11 Å². The van der Waals surface area contributed by atoms with Gasteiger partial charge in [0.2, 0.25) is 0 Å². The lowest BCUT2D eigenvalue weighted by Gasteiger charge is -2.18. The highest BCUT2D eigenvalue weighted by Crippen LogP contribution is 2.31. The molecule has 15 heavy (non-hydrogen) atoms. The number of halogens is 1. The molecule has 0 spiro atoms. The van der Waals surface area contributed by atoms with Crippen LogP contribution in [0.3, 0.4) is 0 Å². The minimum absolute atomic E-state index is 0.847. The van der Waals surface area contributed by atoms with Gasteiger partial charge in [-0.1, -0.05) is 22.0 Å². The van der Waals surface area contributed by atoms with Gasteiger partial charge in [-0.25, -0.2) is 0 Å². The van der Waals surface area contributed by atoms with E-state index >= 15 is 0 Å². The molecule has 2 aromatic rings. The van der Waals surface area contributed by atoms with Gasteiger partial charge in [-0.15, -0.1) is 0 Å². The summed E-state index contributed by atoms with van der Waals surface area (Å²) in [6, 6.07) is 3.84. The van der Waals surface area contributed by atoms with Crippen molar-refractivity contribution in [3.8, 4) is 0 Å². The van der Waals surface area contributed by atoms with Crippen LogP contribution in [-0.2, 0) is 12.6 Å². The molecule has 0 saturated heterocycles. The molecule has 0 unspecified atom stereocenters. The number of hydrogen-bond acceptors (Lipinski definition) is 2. The third-order valence-electron chi connectivity index (χ3n) is 2.40. The van der Waals surface area contributed by atoms with Gasteiger partial charge in [0.1, 0.15) is 0 Å². The molecule has 1 aromatic carbocycles. The molecule has 4 heteroatoms. The van der Waals surface area contributed by atoms with Gasteiger partial charge in [-0.05, 0) is 19.9 Å². The van der Waals surface area contributed by atoms with E-state index < -0.39 is 5.60 Å². The van der Waals surface area contributed by atoms with Crippen LogP contribution in [0.25, 0.3) is 10.9 Å². The summed E-state index contributed by atoms with van der Waals surface area (Å²) in [5, 5.41) is 15.4. The Morgan fingerprint density at radius 3 is 2.67 bits per heavy atom. The molecule has 1 N–H and O–H groups in total. The zero-order chi connectivity index (χ0) is 11.2. The molecule has 1 aromatic heterocycles. The summed E-state index contributed by atoms with van der Waals surface area (Å²) >= 11 is 3.48. The van der Waals surface area contributed by atoms with Crippen molar-refractivity contribution < 1.29 is 5.11 Å². The van der Waals surface area contributed by atoms with E-state index in [0.717, 1.165) is 20.9 Å². The highest BCUT2D eigenvalue weighted by Gasteiger charge is 2.21. The third kappa shape index (κ3) is 1.79. The van der Waals surface area contributed by atoms with Gasteiger partial charge in [0.25, 0.3) is 0 Å². The van der Waals surface area contributed by atoms with Gasteiger partial charge in [0, 0.05) is 28.7 Å². The van der Waals surface area contributed by atoms with Crippen LogP contribution in [-0.4, -0.2) is 14.9 Å². The number of nitrogens with zero attached hydrogens (tertiary/aromatic N) is 2. The van der Waals surface area contributed by atoms with Crippen LogP contribution in [0.5, 0.6) is 0 Å². The monoisotopic (exact) mass is 268 g/mol. The zero-order valence-corrected chi connectivity index (χ0v) is 10.5. The molecule has 0 fully saturated rings. The van der Waals surface area contributed by atoms with Crippen LogP contribution in [0.4, 0.5) is 0 Å².